The zero-order valence-electron chi connectivity index (χ0n) is 31.5. The molecule has 0 radical (unpaired) electrons. The van der Waals surface area contributed by atoms with Crippen LogP contribution in [0.15, 0.2) is 11.6 Å². The summed E-state index contributed by atoms with van der Waals surface area (Å²) in [5.41, 5.74) is 1.12. The smallest absolute Gasteiger partial charge is 0.338 e. The number of hydrogen-bond acceptors (Lipinski definition) is 14. The van der Waals surface area contributed by atoms with E-state index in [0.29, 0.717) is 13.2 Å². The van der Waals surface area contributed by atoms with Gasteiger partial charge in [0.05, 0.1) is 38.1 Å². The van der Waals surface area contributed by atoms with Crippen molar-refractivity contribution in [2.75, 3.05) is 40.0 Å². The van der Waals surface area contributed by atoms with Crippen molar-refractivity contribution in [3.63, 3.8) is 0 Å². The summed E-state index contributed by atoms with van der Waals surface area (Å²) in [6.07, 6.45) is -11.3. The molecule has 4 fully saturated rings. The average molecular weight is 732 g/mol. The highest BCUT2D eigenvalue weighted by Crippen LogP contribution is 2.59. The van der Waals surface area contributed by atoms with Gasteiger partial charge in [0.1, 0.15) is 36.6 Å². The average Bonchev–Trinajstić information content (AvgIpc) is 3.32. The third-order valence-electron chi connectivity index (χ3n) is 10.0. The quantitative estimate of drug-likeness (QED) is 0.0996. The third-order valence-corrected chi connectivity index (χ3v) is 10.0. The van der Waals surface area contributed by atoms with Gasteiger partial charge in [-0.3, -0.25) is 4.79 Å². The number of nitrogens with zero attached hydrogens (tertiary/aromatic N) is 1. The van der Waals surface area contributed by atoms with E-state index in [9.17, 15) is 30.0 Å². The predicted octanol–water partition coefficient (Wildman–Crippen LogP) is 0.919. The van der Waals surface area contributed by atoms with Gasteiger partial charge in [0.2, 0.25) is 0 Å². The SMILES string of the molecule is CC(C)=CC1C(COC(=O)C2O[C@@H](OC(C)C)[C@@H](O)[C@@H](O)[C@@H]2OCCO[C@@H]2OC(C(=O)N(C)CC3CCCO3)[C@@H](OC(C)C)[C@H](O)[C@@H]2O)C1(C)C. The lowest BCUT2D eigenvalue weighted by Crippen LogP contribution is -2.63. The summed E-state index contributed by atoms with van der Waals surface area (Å²) in [5.74, 6) is -0.900. The van der Waals surface area contributed by atoms with E-state index < -0.39 is 73.3 Å². The van der Waals surface area contributed by atoms with Crippen LogP contribution in [0.3, 0.4) is 0 Å². The van der Waals surface area contributed by atoms with Crippen LogP contribution in [0.5, 0.6) is 0 Å². The van der Waals surface area contributed by atoms with Crippen LogP contribution in [0.4, 0.5) is 0 Å². The van der Waals surface area contributed by atoms with Crippen molar-refractivity contribution in [2.24, 2.45) is 17.3 Å². The molecule has 4 rings (SSSR count). The monoisotopic (exact) mass is 731 g/mol. The molecule has 15 nitrogen and oxygen atoms in total. The van der Waals surface area contributed by atoms with E-state index in [4.69, 9.17) is 37.9 Å². The molecule has 4 N–H and O–H groups in total. The fourth-order valence-electron chi connectivity index (χ4n) is 7.03. The van der Waals surface area contributed by atoms with E-state index in [0.717, 1.165) is 12.8 Å². The number of carbonyl (C=O) groups is 2. The minimum Gasteiger partial charge on any atom is -0.463 e. The molecule has 4 aliphatic rings. The maximum Gasteiger partial charge on any atom is 0.338 e. The molecule has 15 heteroatoms. The molecular weight excluding hydrogens is 670 g/mol. The van der Waals surface area contributed by atoms with Crippen molar-refractivity contribution in [1.29, 1.82) is 0 Å². The molecule has 0 aromatic rings. The second-order valence-electron chi connectivity index (χ2n) is 15.5. The largest absolute Gasteiger partial charge is 0.463 e. The number of aliphatic hydroxyl groups is 4. The first-order valence-electron chi connectivity index (χ1n) is 18.2. The second kappa shape index (κ2) is 18.0. The summed E-state index contributed by atoms with van der Waals surface area (Å²) in [7, 11) is 1.61. The minimum absolute atomic E-state index is 0.0547. The van der Waals surface area contributed by atoms with Crippen LogP contribution in [-0.2, 0) is 47.5 Å². The fourth-order valence-corrected chi connectivity index (χ4v) is 7.03. The number of esters is 1. The lowest BCUT2D eigenvalue weighted by Gasteiger charge is -2.43. The van der Waals surface area contributed by atoms with Crippen LogP contribution < -0.4 is 0 Å². The molecule has 1 amide bonds. The molecule has 294 valence electrons. The van der Waals surface area contributed by atoms with Gasteiger partial charge in [-0.15, -0.1) is 0 Å². The van der Waals surface area contributed by atoms with Crippen LogP contribution in [0.2, 0.25) is 0 Å². The molecule has 0 spiro atoms. The number of amides is 1. The van der Waals surface area contributed by atoms with Crippen molar-refractivity contribution >= 4 is 11.9 Å². The van der Waals surface area contributed by atoms with Crippen LogP contribution in [-0.4, -0.2) is 157 Å². The van der Waals surface area contributed by atoms with Gasteiger partial charge in [0.25, 0.3) is 5.91 Å². The Balaban J connectivity index is 1.39. The first-order chi connectivity index (χ1) is 23.9. The Bertz CT molecular complexity index is 1170. The second-order valence-corrected chi connectivity index (χ2v) is 15.5. The molecule has 0 aromatic carbocycles. The highest BCUT2D eigenvalue weighted by atomic mass is 16.7. The molecule has 5 unspecified atom stereocenters. The van der Waals surface area contributed by atoms with Crippen LogP contribution in [0.1, 0.15) is 68.2 Å². The zero-order chi connectivity index (χ0) is 37.8. The molecule has 1 aliphatic carbocycles. The van der Waals surface area contributed by atoms with Crippen molar-refractivity contribution in [3.8, 4) is 0 Å². The number of aliphatic hydroxyl groups excluding tert-OH is 4. The molecule has 13 atom stereocenters. The Morgan fingerprint density at radius 1 is 0.863 bits per heavy atom. The van der Waals surface area contributed by atoms with Gasteiger partial charge >= 0.3 is 5.97 Å². The summed E-state index contributed by atoms with van der Waals surface area (Å²) < 4.78 is 46.2. The summed E-state index contributed by atoms with van der Waals surface area (Å²) in [5, 5.41) is 43.8. The highest BCUT2D eigenvalue weighted by Gasteiger charge is 2.57. The number of ether oxygens (including phenoxy) is 8. The van der Waals surface area contributed by atoms with Crippen molar-refractivity contribution in [3.05, 3.63) is 11.6 Å². The molecule has 3 aliphatic heterocycles. The minimum atomic E-state index is -1.59. The maximum atomic E-state index is 13.5. The van der Waals surface area contributed by atoms with Crippen LogP contribution >= 0.6 is 0 Å². The predicted molar refractivity (Wildman–Crippen MR) is 181 cm³/mol. The van der Waals surface area contributed by atoms with Crippen molar-refractivity contribution < 1.29 is 67.9 Å². The van der Waals surface area contributed by atoms with E-state index in [1.807, 2.05) is 13.8 Å². The van der Waals surface area contributed by atoms with E-state index >= 15 is 0 Å². The third kappa shape index (κ3) is 10.5. The lowest BCUT2D eigenvalue weighted by atomic mass is 9.97. The first-order valence-corrected chi connectivity index (χ1v) is 18.2. The van der Waals surface area contributed by atoms with E-state index in [1.165, 1.54) is 10.5 Å². The van der Waals surface area contributed by atoms with Crippen LogP contribution in [0.25, 0.3) is 0 Å². The zero-order valence-corrected chi connectivity index (χ0v) is 31.5. The van der Waals surface area contributed by atoms with Gasteiger partial charge in [-0.25, -0.2) is 4.79 Å². The molecule has 3 saturated heterocycles. The Labute approximate surface area is 301 Å². The van der Waals surface area contributed by atoms with E-state index in [-0.39, 0.29) is 55.4 Å². The first kappa shape index (κ1) is 42.0. The molecule has 51 heavy (non-hydrogen) atoms. The summed E-state index contributed by atoms with van der Waals surface area (Å²) >= 11 is 0. The number of carbonyl (C=O) groups excluding carboxylic acids is 2. The topological polar surface area (TPSA) is 192 Å². The lowest BCUT2D eigenvalue weighted by molar-refractivity contribution is -0.316. The maximum absolute atomic E-state index is 13.5. The molecule has 3 heterocycles. The molecular formula is C36H61NO14. The Kier molecular flexibility index (Phi) is 14.9. The standard InChI is InChI=1S/C36H61NO14/c1-18(2)15-22-23(36(22,7)8)17-47-33(43)31-28(24(38)27(41)35(51-31)49-20(5)6)45-13-14-46-34-26(40)25(39)29(48-19(3)4)30(50-34)32(42)37(9)16-21-11-10-12-44-21/h15,19-31,34-35,38-41H,10-14,16-17H2,1-9H3/t21?,22?,23?,24-,25-,26+,27+,28+,29+,30?,31?,34-,35-/m1/s1. The van der Waals surface area contributed by atoms with Gasteiger partial charge in [0.15, 0.2) is 24.8 Å². The Hall–Kier alpha value is -1.76. The summed E-state index contributed by atoms with van der Waals surface area (Å²) in [6, 6.07) is 0. The number of hydrogen-bond donors (Lipinski definition) is 4. The normalized spacial score (nSPS) is 37.7. The van der Waals surface area contributed by atoms with Crippen molar-refractivity contribution in [1.82, 2.24) is 4.90 Å². The van der Waals surface area contributed by atoms with Crippen molar-refractivity contribution in [2.45, 2.75) is 148 Å². The van der Waals surface area contributed by atoms with E-state index in [2.05, 4.69) is 19.9 Å². The number of rotatable bonds is 16. The van der Waals surface area contributed by atoms with Gasteiger partial charge in [-0.1, -0.05) is 25.5 Å². The molecule has 0 bridgehead atoms. The van der Waals surface area contributed by atoms with Gasteiger partial charge < -0.3 is 63.2 Å². The van der Waals surface area contributed by atoms with Gasteiger partial charge in [-0.05, 0) is 65.7 Å². The molecule has 0 aromatic heterocycles. The van der Waals surface area contributed by atoms with Crippen LogP contribution in [0, 0.1) is 17.3 Å². The highest BCUT2D eigenvalue weighted by molar-refractivity contribution is 5.81. The number of allylic oxidation sites excluding steroid dienone is 2. The summed E-state index contributed by atoms with van der Waals surface area (Å²) in [4.78, 5) is 28.4. The summed E-state index contributed by atoms with van der Waals surface area (Å²) in [6.45, 7) is 15.8. The fraction of sp³-hybridized carbons (Fsp3) is 0.889. The van der Waals surface area contributed by atoms with E-state index in [1.54, 1.807) is 34.7 Å². The Morgan fingerprint density at radius 3 is 2.08 bits per heavy atom. The Morgan fingerprint density at radius 2 is 1.47 bits per heavy atom. The molecule has 1 saturated carbocycles. The van der Waals surface area contributed by atoms with Gasteiger partial charge in [-0.2, -0.15) is 0 Å². The number of likely N-dealkylation sites (N-methyl/N-ethyl adjacent to an activating group) is 1. The van der Waals surface area contributed by atoms with Gasteiger partial charge in [0, 0.05) is 26.1 Å².